The van der Waals surface area contributed by atoms with Crippen LogP contribution in [-0.4, -0.2) is 5.91 Å². The van der Waals surface area contributed by atoms with Crippen LogP contribution in [0.25, 0.3) is 10.4 Å². The summed E-state index contributed by atoms with van der Waals surface area (Å²) in [7, 11) is 0. The molecule has 5 heteroatoms. The van der Waals surface area contributed by atoms with Crippen LogP contribution in [0.15, 0.2) is 60.7 Å². The van der Waals surface area contributed by atoms with Crippen molar-refractivity contribution in [3.8, 4) is 10.4 Å². The minimum absolute atomic E-state index is 0.180. The Kier molecular flexibility index (Phi) is 4.22. The van der Waals surface area contributed by atoms with Gasteiger partial charge in [-0.1, -0.05) is 23.7 Å². The number of thiophene rings is 1. The maximum Gasteiger partial charge on any atom is 0.265 e. The third-order valence-corrected chi connectivity index (χ3v) is 4.45. The number of rotatable bonds is 3. The zero-order valence-electron chi connectivity index (χ0n) is 11.3. The summed E-state index contributed by atoms with van der Waals surface area (Å²) in [5, 5.41) is 3.43. The largest absolute Gasteiger partial charge is 0.321 e. The molecule has 22 heavy (non-hydrogen) atoms. The molecular formula is C17H11ClFNOS. The zero-order valence-corrected chi connectivity index (χ0v) is 12.9. The van der Waals surface area contributed by atoms with Crippen molar-refractivity contribution in [2.75, 3.05) is 5.32 Å². The van der Waals surface area contributed by atoms with E-state index in [9.17, 15) is 9.18 Å². The number of carbonyl (C=O) groups is 1. The Hall–Kier alpha value is -2.17. The molecule has 1 N–H and O–H groups in total. The molecule has 0 radical (unpaired) electrons. The molecule has 1 heterocycles. The zero-order chi connectivity index (χ0) is 15.5. The van der Waals surface area contributed by atoms with Crippen molar-refractivity contribution in [3.05, 3.63) is 76.4 Å². The highest BCUT2D eigenvalue weighted by atomic mass is 35.5. The first-order chi connectivity index (χ1) is 10.6. The molecule has 3 rings (SSSR count). The van der Waals surface area contributed by atoms with Crippen LogP contribution in [-0.2, 0) is 0 Å². The fraction of sp³-hybridized carbons (Fsp3) is 0. The second-order valence-electron chi connectivity index (χ2n) is 4.63. The van der Waals surface area contributed by atoms with Crippen molar-refractivity contribution in [1.29, 1.82) is 0 Å². The summed E-state index contributed by atoms with van der Waals surface area (Å²) < 4.78 is 12.9. The normalized spacial score (nSPS) is 10.5. The Bertz CT molecular complexity index is 796. The summed E-state index contributed by atoms with van der Waals surface area (Å²) in [5.74, 6) is -0.457. The molecule has 3 aromatic rings. The summed E-state index contributed by atoms with van der Waals surface area (Å²) in [5.41, 5.74) is 1.57. The molecule has 0 bridgehead atoms. The van der Waals surface area contributed by atoms with Gasteiger partial charge in [-0.05, 0) is 54.1 Å². The lowest BCUT2D eigenvalue weighted by Gasteiger charge is -2.03. The first-order valence-corrected chi connectivity index (χ1v) is 7.74. The van der Waals surface area contributed by atoms with Gasteiger partial charge in [0.2, 0.25) is 0 Å². The van der Waals surface area contributed by atoms with Crippen molar-refractivity contribution in [2.24, 2.45) is 0 Å². The topological polar surface area (TPSA) is 29.1 Å². The van der Waals surface area contributed by atoms with Crippen LogP contribution in [0.5, 0.6) is 0 Å². The Labute approximate surface area is 136 Å². The van der Waals surface area contributed by atoms with E-state index in [-0.39, 0.29) is 11.7 Å². The van der Waals surface area contributed by atoms with Gasteiger partial charge in [0.25, 0.3) is 5.91 Å². The summed E-state index contributed by atoms with van der Waals surface area (Å²) in [6, 6.07) is 16.7. The molecule has 0 aliphatic carbocycles. The van der Waals surface area contributed by atoms with Crippen LogP contribution in [0, 0.1) is 5.82 Å². The number of anilines is 1. The number of nitrogens with one attached hydrogen (secondary N) is 1. The van der Waals surface area contributed by atoms with Crippen LogP contribution < -0.4 is 5.32 Å². The van der Waals surface area contributed by atoms with Crippen molar-refractivity contribution >= 4 is 34.5 Å². The smallest absolute Gasteiger partial charge is 0.265 e. The SMILES string of the molecule is O=C(Nc1ccc(Cl)cc1)c1ccc(-c2ccc(F)cc2)s1. The maximum absolute atomic E-state index is 12.9. The van der Waals surface area contributed by atoms with Gasteiger partial charge in [-0.3, -0.25) is 4.79 Å². The van der Waals surface area contributed by atoms with Gasteiger partial charge in [-0.25, -0.2) is 4.39 Å². The van der Waals surface area contributed by atoms with Crippen molar-refractivity contribution in [1.82, 2.24) is 0 Å². The summed E-state index contributed by atoms with van der Waals surface area (Å²) >= 11 is 7.17. The van der Waals surface area contributed by atoms with E-state index in [1.54, 1.807) is 42.5 Å². The van der Waals surface area contributed by atoms with Gasteiger partial charge in [0.1, 0.15) is 5.82 Å². The van der Waals surface area contributed by atoms with E-state index in [1.807, 2.05) is 6.07 Å². The third kappa shape index (κ3) is 3.35. The van der Waals surface area contributed by atoms with Gasteiger partial charge in [0.15, 0.2) is 0 Å². The van der Waals surface area contributed by atoms with Crippen molar-refractivity contribution in [2.45, 2.75) is 0 Å². The molecule has 0 atom stereocenters. The Morgan fingerprint density at radius 3 is 2.32 bits per heavy atom. The van der Waals surface area contributed by atoms with Gasteiger partial charge in [0, 0.05) is 15.6 Å². The molecule has 0 saturated carbocycles. The third-order valence-electron chi connectivity index (χ3n) is 3.06. The van der Waals surface area contributed by atoms with E-state index >= 15 is 0 Å². The highest BCUT2D eigenvalue weighted by molar-refractivity contribution is 7.17. The molecule has 0 spiro atoms. The average Bonchev–Trinajstić information content (AvgIpc) is 3.00. The lowest BCUT2D eigenvalue weighted by Crippen LogP contribution is -2.09. The minimum atomic E-state index is -0.277. The van der Waals surface area contributed by atoms with E-state index in [2.05, 4.69) is 5.32 Å². The lowest BCUT2D eigenvalue weighted by molar-refractivity contribution is 0.103. The fourth-order valence-electron chi connectivity index (χ4n) is 1.96. The fourth-order valence-corrected chi connectivity index (χ4v) is 2.99. The minimum Gasteiger partial charge on any atom is -0.321 e. The van der Waals surface area contributed by atoms with Crippen LogP contribution in [0.3, 0.4) is 0 Å². The van der Waals surface area contributed by atoms with E-state index < -0.39 is 0 Å². The number of hydrogen-bond donors (Lipinski definition) is 1. The first kappa shape index (κ1) is 14.8. The molecule has 2 aromatic carbocycles. The number of amides is 1. The summed E-state index contributed by atoms with van der Waals surface area (Å²) in [4.78, 5) is 13.7. The Balaban J connectivity index is 1.76. The lowest BCUT2D eigenvalue weighted by atomic mass is 10.2. The van der Waals surface area contributed by atoms with Gasteiger partial charge < -0.3 is 5.32 Å². The predicted molar refractivity (Wildman–Crippen MR) is 89.1 cm³/mol. The number of halogens is 2. The summed E-state index contributed by atoms with van der Waals surface area (Å²) in [6.07, 6.45) is 0. The Morgan fingerprint density at radius 1 is 0.955 bits per heavy atom. The van der Waals surface area contributed by atoms with Crippen molar-refractivity contribution < 1.29 is 9.18 Å². The van der Waals surface area contributed by atoms with Crippen molar-refractivity contribution in [3.63, 3.8) is 0 Å². The maximum atomic E-state index is 12.9. The van der Waals surface area contributed by atoms with Crippen LogP contribution >= 0.6 is 22.9 Å². The molecular weight excluding hydrogens is 321 g/mol. The average molecular weight is 332 g/mol. The first-order valence-electron chi connectivity index (χ1n) is 6.54. The van der Waals surface area contributed by atoms with E-state index in [0.29, 0.717) is 15.6 Å². The Morgan fingerprint density at radius 2 is 1.64 bits per heavy atom. The van der Waals surface area contributed by atoms with Gasteiger partial charge in [-0.15, -0.1) is 11.3 Å². The van der Waals surface area contributed by atoms with Gasteiger partial charge in [-0.2, -0.15) is 0 Å². The molecule has 0 fully saturated rings. The van der Waals surface area contributed by atoms with Crippen LogP contribution in [0.4, 0.5) is 10.1 Å². The van der Waals surface area contributed by atoms with E-state index in [1.165, 1.54) is 23.5 Å². The van der Waals surface area contributed by atoms with E-state index in [4.69, 9.17) is 11.6 Å². The van der Waals surface area contributed by atoms with Crippen LogP contribution in [0.1, 0.15) is 9.67 Å². The molecule has 1 aromatic heterocycles. The van der Waals surface area contributed by atoms with Gasteiger partial charge >= 0.3 is 0 Å². The second kappa shape index (κ2) is 6.30. The molecule has 0 saturated heterocycles. The number of hydrogen-bond acceptors (Lipinski definition) is 2. The summed E-state index contributed by atoms with van der Waals surface area (Å²) in [6.45, 7) is 0. The monoisotopic (exact) mass is 331 g/mol. The molecule has 0 aliphatic rings. The predicted octanol–water partition coefficient (Wildman–Crippen LogP) is 5.46. The van der Waals surface area contributed by atoms with E-state index in [0.717, 1.165) is 10.4 Å². The molecule has 0 aliphatic heterocycles. The van der Waals surface area contributed by atoms with Gasteiger partial charge in [0.05, 0.1) is 4.88 Å². The molecule has 0 unspecified atom stereocenters. The quantitative estimate of drug-likeness (QED) is 0.678. The van der Waals surface area contributed by atoms with Crippen LogP contribution in [0.2, 0.25) is 5.02 Å². The second-order valence-corrected chi connectivity index (χ2v) is 6.15. The molecule has 110 valence electrons. The highest BCUT2D eigenvalue weighted by Crippen LogP contribution is 2.28. The standard InChI is InChI=1S/C17H11ClFNOS/c18-12-3-7-14(8-4-12)20-17(21)16-10-9-15(22-16)11-1-5-13(19)6-2-11/h1-10H,(H,20,21). The molecule has 2 nitrogen and oxygen atoms in total. The number of carbonyl (C=O) groups excluding carboxylic acids is 1. The highest BCUT2D eigenvalue weighted by Gasteiger charge is 2.10. The number of benzene rings is 2. The molecule has 1 amide bonds.